The van der Waals surface area contributed by atoms with Crippen molar-refractivity contribution in [3.05, 3.63) is 34.9 Å². The fourth-order valence-corrected chi connectivity index (χ4v) is 2.86. The minimum atomic E-state index is -0.652. The van der Waals surface area contributed by atoms with Crippen molar-refractivity contribution in [2.45, 2.75) is 39.0 Å². The normalized spacial score (nSPS) is 22.7. The molecule has 1 fully saturated rings. The van der Waals surface area contributed by atoms with E-state index in [0.29, 0.717) is 5.92 Å². The Morgan fingerprint density at radius 2 is 2.05 bits per heavy atom. The van der Waals surface area contributed by atoms with Crippen molar-refractivity contribution in [1.82, 2.24) is 0 Å². The predicted octanol–water partition coefficient (Wildman–Crippen LogP) is 3.30. The highest BCUT2D eigenvalue weighted by molar-refractivity contribution is 5.70. The quantitative estimate of drug-likeness (QED) is 0.903. The van der Waals surface area contributed by atoms with Crippen molar-refractivity contribution in [1.29, 1.82) is 5.26 Å². The molecule has 1 aliphatic carbocycles. The number of carboxylic acids is 1. The molecular weight excluding hydrogens is 238 g/mol. The molecule has 1 aromatic carbocycles. The Morgan fingerprint density at radius 3 is 2.63 bits per heavy atom. The standard InChI is InChI=1S/C16H19NO2/c1-11-2-3-13(9-15(11)10-17)8-12-4-6-14(7-5-12)16(18)19/h2-3,9,12,14H,4-8H2,1H3,(H,18,19). The van der Waals surface area contributed by atoms with Crippen molar-refractivity contribution in [2.75, 3.05) is 0 Å². The smallest absolute Gasteiger partial charge is 0.306 e. The lowest BCUT2D eigenvalue weighted by molar-refractivity contribution is -0.143. The molecule has 0 aliphatic heterocycles. The van der Waals surface area contributed by atoms with Gasteiger partial charge in [-0.25, -0.2) is 0 Å². The van der Waals surface area contributed by atoms with Gasteiger partial charge in [-0.2, -0.15) is 5.26 Å². The van der Waals surface area contributed by atoms with Crippen molar-refractivity contribution in [3.8, 4) is 6.07 Å². The monoisotopic (exact) mass is 257 g/mol. The van der Waals surface area contributed by atoms with Crippen LogP contribution in [0.1, 0.15) is 42.4 Å². The van der Waals surface area contributed by atoms with Gasteiger partial charge in [-0.15, -0.1) is 0 Å². The van der Waals surface area contributed by atoms with Crippen LogP contribution in [0.5, 0.6) is 0 Å². The van der Waals surface area contributed by atoms with Gasteiger partial charge in [0.1, 0.15) is 0 Å². The second kappa shape index (κ2) is 5.88. The summed E-state index contributed by atoms with van der Waals surface area (Å²) in [5.41, 5.74) is 2.96. The zero-order valence-corrected chi connectivity index (χ0v) is 11.2. The summed E-state index contributed by atoms with van der Waals surface area (Å²) in [4.78, 5) is 10.9. The van der Waals surface area contributed by atoms with Crippen LogP contribution in [-0.2, 0) is 11.2 Å². The number of aryl methyl sites for hydroxylation is 1. The molecule has 0 radical (unpaired) electrons. The molecule has 0 amide bonds. The van der Waals surface area contributed by atoms with Crippen molar-refractivity contribution in [3.63, 3.8) is 0 Å². The Morgan fingerprint density at radius 1 is 1.37 bits per heavy atom. The third kappa shape index (κ3) is 3.35. The topological polar surface area (TPSA) is 61.1 Å². The highest BCUT2D eigenvalue weighted by Gasteiger charge is 2.25. The minimum Gasteiger partial charge on any atom is -0.481 e. The van der Waals surface area contributed by atoms with Crippen LogP contribution in [-0.4, -0.2) is 11.1 Å². The molecule has 0 aromatic heterocycles. The second-order valence-corrected chi connectivity index (χ2v) is 5.52. The Hall–Kier alpha value is -1.82. The van der Waals surface area contributed by atoms with Gasteiger partial charge in [-0.3, -0.25) is 4.79 Å². The molecule has 0 atom stereocenters. The van der Waals surface area contributed by atoms with Crippen LogP contribution in [0.4, 0.5) is 0 Å². The van der Waals surface area contributed by atoms with Crippen molar-refractivity contribution >= 4 is 5.97 Å². The summed E-state index contributed by atoms with van der Waals surface area (Å²) in [6.45, 7) is 1.94. The first kappa shape index (κ1) is 13.6. The van der Waals surface area contributed by atoms with Crippen LogP contribution in [0.25, 0.3) is 0 Å². The summed E-state index contributed by atoms with van der Waals surface area (Å²) < 4.78 is 0. The third-order valence-electron chi connectivity index (χ3n) is 4.14. The molecule has 0 unspecified atom stereocenters. The molecule has 1 saturated carbocycles. The van der Waals surface area contributed by atoms with Gasteiger partial charge in [0.2, 0.25) is 0 Å². The van der Waals surface area contributed by atoms with Gasteiger partial charge in [0.25, 0.3) is 0 Å². The van der Waals surface area contributed by atoms with Crippen LogP contribution < -0.4 is 0 Å². The highest BCUT2D eigenvalue weighted by Crippen LogP contribution is 2.31. The van der Waals surface area contributed by atoms with Gasteiger partial charge in [-0.05, 0) is 62.1 Å². The summed E-state index contributed by atoms with van der Waals surface area (Å²) in [6.07, 6.45) is 4.49. The van der Waals surface area contributed by atoms with E-state index in [4.69, 9.17) is 10.4 Å². The maximum atomic E-state index is 10.9. The lowest BCUT2D eigenvalue weighted by Gasteiger charge is -2.26. The van der Waals surface area contributed by atoms with Crippen LogP contribution in [0, 0.1) is 30.1 Å². The number of rotatable bonds is 3. The minimum absolute atomic E-state index is 0.149. The first-order valence-corrected chi connectivity index (χ1v) is 6.82. The number of benzene rings is 1. The molecule has 100 valence electrons. The summed E-state index contributed by atoms with van der Waals surface area (Å²) in [7, 11) is 0. The number of carboxylic acid groups (broad SMARTS) is 1. The molecule has 1 N–H and O–H groups in total. The molecule has 19 heavy (non-hydrogen) atoms. The van der Waals surface area contributed by atoms with Gasteiger partial charge >= 0.3 is 5.97 Å². The van der Waals surface area contributed by atoms with Gasteiger partial charge in [0.15, 0.2) is 0 Å². The van der Waals surface area contributed by atoms with E-state index in [1.807, 2.05) is 19.1 Å². The highest BCUT2D eigenvalue weighted by atomic mass is 16.4. The molecular formula is C16H19NO2. The number of hydrogen-bond donors (Lipinski definition) is 1. The molecule has 2 rings (SSSR count). The van der Waals surface area contributed by atoms with E-state index >= 15 is 0 Å². The summed E-state index contributed by atoms with van der Waals surface area (Å²) in [6, 6.07) is 8.27. The Bertz CT molecular complexity index is 508. The van der Waals surface area contributed by atoms with Crippen LogP contribution in [0.15, 0.2) is 18.2 Å². The maximum Gasteiger partial charge on any atom is 0.306 e. The first-order valence-electron chi connectivity index (χ1n) is 6.82. The fraction of sp³-hybridized carbons (Fsp3) is 0.500. The van der Waals surface area contributed by atoms with Crippen molar-refractivity contribution in [2.24, 2.45) is 11.8 Å². The molecule has 3 heteroatoms. The molecule has 0 heterocycles. The van der Waals surface area contributed by atoms with E-state index in [9.17, 15) is 4.79 Å². The molecule has 0 saturated heterocycles. The predicted molar refractivity (Wildman–Crippen MR) is 72.7 cm³/mol. The lowest BCUT2D eigenvalue weighted by Crippen LogP contribution is -2.22. The Balaban J connectivity index is 1.96. The van der Waals surface area contributed by atoms with Gasteiger partial charge in [-0.1, -0.05) is 12.1 Å². The van der Waals surface area contributed by atoms with Gasteiger partial charge in [0.05, 0.1) is 17.6 Å². The van der Waals surface area contributed by atoms with Crippen LogP contribution in [0.3, 0.4) is 0 Å². The zero-order valence-electron chi connectivity index (χ0n) is 11.2. The second-order valence-electron chi connectivity index (χ2n) is 5.52. The van der Waals surface area contributed by atoms with Gasteiger partial charge < -0.3 is 5.11 Å². The van der Waals surface area contributed by atoms with Crippen LogP contribution in [0.2, 0.25) is 0 Å². The largest absolute Gasteiger partial charge is 0.481 e. The third-order valence-corrected chi connectivity index (χ3v) is 4.14. The number of carbonyl (C=O) groups is 1. The van der Waals surface area contributed by atoms with Gasteiger partial charge in [0, 0.05) is 0 Å². The molecule has 0 bridgehead atoms. The zero-order chi connectivity index (χ0) is 13.8. The Labute approximate surface area is 113 Å². The molecule has 1 aliphatic rings. The van der Waals surface area contributed by atoms with E-state index in [1.165, 1.54) is 5.56 Å². The van der Waals surface area contributed by atoms with E-state index in [0.717, 1.165) is 43.2 Å². The summed E-state index contributed by atoms with van der Waals surface area (Å²) in [5.74, 6) is -0.241. The van der Waals surface area contributed by atoms with E-state index in [2.05, 4.69) is 12.1 Å². The van der Waals surface area contributed by atoms with E-state index < -0.39 is 5.97 Å². The first-order chi connectivity index (χ1) is 9.10. The summed E-state index contributed by atoms with van der Waals surface area (Å²) >= 11 is 0. The number of nitriles is 1. The fourth-order valence-electron chi connectivity index (χ4n) is 2.86. The average Bonchev–Trinajstić information content (AvgIpc) is 2.41. The van der Waals surface area contributed by atoms with Crippen LogP contribution >= 0.6 is 0 Å². The molecule has 3 nitrogen and oxygen atoms in total. The SMILES string of the molecule is Cc1ccc(CC2CCC(C(=O)O)CC2)cc1C#N. The molecule has 1 aromatic rings. The number of nitrogens with zero attached hydrogens (tertiary/aromatic N) is 1. The molecule has 0 spiro atoms. The Kier molecular flexibility index (Phi) is 4.21. The average molecular weight is 257 g/mol. The maximum absolute atomic E-state index is 10.9. The number of hydrogen-bond acceptors (Lipinski definition) is 2. The number of aliphatic carboxylic acids is 1. The van der Waals surface area contributed by atoms with Crippen molar-refractivity contribution < 1.29 is 9.90 Å². The van der Waals surface area contributed by atoms with E-state index in [1.54, 1.807) is 0 Å². The summed E-state index contributed by atoms with van der Waals surface area (Å²) in [5, 5.41) is 18.0. The van der Waals surface area contributed by atoms with E-state index in [-0.39, 0.29) is 5.92 Å². The lowest BCUT2D eigenvalue weighted by atomic mass is 9.79.